The molecule has 1 aromatic heterocycles. The van der Waals surface area contributed by atoms with Crippen LogP contribution >= 0.6 is 0 Å². The number of carbonyl (C=O) groups excluding carboxylic acids is 3. The summed E-state index contributed by atoms with van der Waals surface area (Å²) in [5.41, 5.74) is 1.42. The summed E-state index contributed by atoms with van der Waals surface area (Å²) in [6.45, 7) is 6.90. The van der Waals surface area contributed by atoms with Gasteiger partial charge in [0.15, 0.2) is 0 Å². The molecular formula is C35H40N6O4. The van der Waals surface area contributed by atoms with Gasteiger partial charge < -0.3 is 20.3 Å². The van der Waals surface area contributed by atoms with Crippen LogP contribution < -0.4 is 15.4 Å². The quantitative estimate of drug-likeness (QED) is 0.323. The molecule has 3 amide bonds. The van der Waals surface area contributed by atoms with Crippen molar-refractivity contribution < 1.29 is 19.1 Å². The molecule has 1 aliphatic heterocycles. The summed E-state index contributed by atoms with van der Waals surface area (Å²) in [7, 11) is 0. The largest absolute Gasteiger partial charge is 0.457 e. The SMILES string of the molecule is Cc1nc2n(n1)CCN(C(=O)c1cccc(Oc3ccccc3)c1)CCCC(=O)N[C@@H](Cc1ccccc1)C(=O)N[C@@H]2C(C)C. The van der Waals surface area contributed by atoms with Crippen molar-refractivity contribution in [2.24, 2.45) is 5.92 Å². The summed E-state index contributed by atoms with van der Waals surface area (Å²) in [5.74, 6) is 1.73. The number of benzene rings is 3. The predicted octanol–water partition coefficient (Wildman–Crippen LogP) is 4.86. The maximum atomic E-state index is 13.9. The highest BCUT2D eigenvalue weighted by atomic mass is 16.5. The molecule has 2 heterocycles. The van der Waals surface area contributed by atoms with Crippen LogP contribution in [0.4, 0.5) is 0 Å². The minimum absolute atomic E-state index is 0.0117. The molecule has 0 radical (unpaired) electrons. The molecule has 0 aliphatic carbocycles. The number of amides is 3. The Labute approximate surface area is 263 Å². The Morgan fingerprint density at radius 1 is 0.911 bits per heavy atom. The number of rotatable bonds is 6. The van der Waals surface area contributed by atoms with Gasteiger partial charge in [-0.25, -0.2) is 9.67 Å². The number of aryl methyl sites for hydroxylation is 1. The fourth-order valence-corrected chi connectivity index (χ4v) is 5.44. The van der Waals surface area contributed by atoms with E-state index in [1.807, 2.05) is 87.5 Å². The van der Waals surface area contributed by atoms with Gasteiger partial charge in [-0.3, -0.25) is 14.4 Å². The summed E-state index contributed by atoms with van der Waals surface area (Å²) in [6.07, 6.45) is 0.942. The van der Waals surface area contributed by atoms with Crippen molar-refractivity contribution in [3.05, 3.63) is 108 Å². The molecule has 2 atom stereocenters. The van der Waals surface area contributed by atoms with Crippen LogP contribution in [0, 0.1) is 12.8 Å². The smallest absolute Gasteiger partial charge is 0.254 e. The molecule has 2 N–H and O–H groups in total. The molecule has 0 spiro atoms. The number of para-hydroxylation sites is 1. The third kappa shape index (κ3) is 8.35. The molecule has 0 unspecified atom stereocenters. The lowest BCUT2D eigenvalue weighted by atomic mass is 10.0. The van der Waals surface area contributed by atoms with Gasteiger partial charge in [-0.05, 0) is 55.2 Å². The highest BCUT2D eigenvalue weighted by Gasteiger charge is 2.30. The van der Waals surface area contributed by atoms with Gasteiger partial charge in [0, 0.05) is 31.5 Å². The molecule has 5 rings (SSSR count). The third-order valence-electron chi connectivity index (χ3n) is 7.74. The summed E-state index contributed by atoms with van der Waals surface area (Å²) in [5, 5.41) is 10.7. The first-order valence-corrected chi connectivity index (χ1v) is 15.4. The molecule has 0 bridgehead atoms. The van der Waals surface area contributed by atoms with Crippen molar-refractivity contribution in [1.82, 2.24) is 30.3 Å². The number of aromatic nitrogens is 3. The van der Waals surface area contributed by atoms with E-state index in [4.69, 9.17) is 9.72 Å². The zero-order valence-electron chi connectivity index (χ0n) is 26.0. The van der Waals surface area contributed by atoms with Crippen molar-refractivity contribution in [3.63, 3.8) is 0 Å². The summed E-state index contributed by atoms with van der Waals surface area (Å²) in [6, 6.07) is 24.9. The second kappa shape index (κ2) is 14.7. The Morgan fingerprint density at radius 2 is 1.62 bits per heavy atom. The lowest BCUT2D eigenvalue weighted by Crippen LogP contribution is -2.50. The van der Waals surface area contributed by atoms with Gasteiger partial charge in [-0.1, -0.05) is 68.4 Å². The van der Waals surface area contributed by atoms with E-state index in [0.29, 0.717) is 61.2 Å². The number of ether oxygens (including phenoxy) is 1. The van der Waals surface area contributed by atoms with Gasteiger partial charge in [-0.15, -0.1) is 0 Å². The molecule has 10 nitrogen and oxygen atoms in total. The Kier molecular flexibility index (Phi) is 10.2. The molecule has 45 heavy (non-hydrogen) atoms. The predicted molar refractivity (Wildman–Crippen MR) is 171 cm³/mol. The molecule has 0 saturated carbocycles. The Morgan fingerprint density at radius 3 is 2.36 bits per heavy atom. The minimum atomic E-state index is -0.772. The van der Waals surface area contributed by atoms with Crippen molar-refractivity contribution in [1.29, 1.82) is 0 Å². The van der Waals surface area contributed by atoms with E-state index < -0.39 is 12.1 Å². The lowest BCUT2D eigenvalue weighted by molar-refractivity contribution is -0.129. The first-order valence-electron chi connectivity index (χ1n) is 15.4. The first kappa shape index (κ1) is 31.4. The molecule has 234 valence electrons. The van der Waals surface area contributed by atoms with Crippen LogP contribution in [0.3, 0.4) is 0 Å². The van der Waals surface area contributed by atoms with E-state index in [1.165, 1.54) is 0 Å². The van der Waals surface area contributed by atoms with Crippen LogP contribution in [0.2, 0.25) is 0 Å². The second-order valence-electron chi connectivity index (χ2n) is 11.6. The normalized spacial score (nSPS) is 18.0. The zero-order chi connectivity index (χ0) is 31.8. The van der Waals surface area contributed by atoms with E-state index >= 15 is 0 Å². The minimum Gasteiger partial charge on any atom is -0.457 e. The summed E-state index contributed by atoms with van der Waals surface area (Å²) < 4.78 is 7.76. The van der Waals surface area contributed by atoms with E-state index in [1.54, 1.807) is 27.8 Å². The number of fused-ring (bicyclic) bond motifs is 1. The summed E-state index contributed by atoms with van der Waals surface area (Å²) in [4.78, 5) is 47.1. The van der Waals surface area contributed by atoms with Gasteiger partial charge in [0.25, 0.3) is 5.91 Å². The van der Waals surface area contributed by atoms with Crippen molar-refractivity contribution in [3.8, 4) is 11.5 Å². The Hall–Kier alpha value is -4.99. The molecule has 0 fully saturated rings. The number of hydrogen-bond donors (Lipinski definition) is 2. The van der Waals surface area contributed by atoms with Gasteiger partial charge in [0.1, 0.15) is 29.2 Å². The monoisotopic (exact) mass is 608 g/mol. The first-order chi connectivity index (χ1) is 21.8. The molecule has 0 saturated heterocycles. The van der Waals surface area contributed by atoms with Gasteiger partial charge in [0.05, 0.1) is 12.6 Å². The van der Waals surface area contributed by atoms with E-state index in [-0.39, 0.29) is 30.1 Å². The van der Waals surface area contributed by atoms with Gasteiger partial charge in [0.2, 0.25) is 11.8 Å². The Bertz CT molecular complexity index is 1600. The van der Waals surface area contributed by atoms with Crippen molar-refractivity contribution in [2.75, 3.05) is 13.1 Å². The van der Waals surface area contributed by atoms with Crippen LogP contribution in [-0.2, 0) is 22.6 Å². The lowest BCUT2D eigenvalue weighted by Gasteiger charge is -2.28. The molecule has 1 aliphatic rings. The number of nitrogens with one attached hydrogen (secondary N) is 2. The van der Waals surface area contributed by atoms with Crippen LogP contribution in [0.5, 0.6) is 11.5 Å². The highest BCUT2D eigenvalue weighted by molar-refractivity contribution is 5.94. The average Bonchev–Trinajstić information content (AvgIpc) is 3.40. The van der Waals surface area contributed by atoms with Crippen molar-refractivity contribution in [2.45, 2.75) is 58.7 Å². The number of hydrogen-bond acceptors (Lipinski definition) is 6. The van der Waals surface area contributed by atoms with E-state index in [0.717, 1.165) is 5.56 Å². The highest BCUT2D eigenvalue weighted by Crippen LogP contribution is 2.24. The fourth-order valence-electron chi connectivity index (χ4n) is 5.44. The standard InChI is InChI=1S/C35H40N6O4/c1-24(2)32-33-36-25(3)39-41(33)21-20-40(35(44)27-14-10-17-29(23-27)45-28-15-8-5-9-16-28)19-11-18-31(42)37-30(34(43)38-32)22-26-12-6-4-7-13-26/h4-10,12-17,23-24,30,32H,11,18-22H2,1-3H3,(H,37,42)(H,38,43)/t30-,32+/m0/s1. The Balaban J connectivity index is 1.41. The average molecular weight is 609 g/mol. The number of nitrogens with zero attached hydrogens (tertiary/aromatic N) is 4. The van der Waals surface area contributed by atoms with Gasteiger partial charge in [-0.2, -0.15) is 5.10 Å². The summed E-state index contributed by atoms with van der Waals surface area (Å²) >= 11 is 0. The van der Waals surface area contributed by atoms with Crippen LogP contribution in [0.1, 0.15) is 60.3 Å². The maximum absolute atomic E-state index is 13.9. The van der Waals surface area contributed by atoms with Crippen LogP contribution in [0.15, 0.2) is 84.9 Å². The maximum Gasteiger partial charge on any atom is 0.254 e. The molecule has 4 aromatic rings. The number of carbonyl (C=O) groups is 3. The molecule has 10 heteroatoms. The topological polar surface area (TPSA) is 118 Å². The van der Waals surface area contributed by atoms with Crippen LogP contribution in [-0.4, -0.2) is 56.5 Å². The van der Waals surface area contributed by atoms with Crippen molar-refractivity contribution >= 4 is 17.7 Å². The molecule has 3 aromatic carbocycles. The third-order valence-corrected chi connectivity index (χ3v) is 7.74. The molecular weight excluding hydrogens is 568 g/mol. The van der Waals surface area contributed by atoms with E-state index in [9.17, 15) is 14.4 Å². The van der Waals surface area contributed by atoms with Gasteiger partial charge >= 0.3 is 0 Å². The zero-order valence-corrected chi connectivity index (χ0v) is 26.0. The fraction of sp³-hybridized carbons (Fsp3) is 0.343. The van der Waals surface area contributed by atoms with E-state index in [2.05, 4.69) is 15.7 Å². The van der Waals surface area contributed by atoms with Crippen LogP contribution in [0.25, 0.3) is 0 Å². The second-order valence-corrected chi connectivity index (χ2v) is 11.6.